The molecule has 6 aromatic carbocycles. The molecule has 10 aromatic rings. The summed E-state index contributed by atoms with van der Waals surface area (Å²) in [5.41, 5.74) is 23.8. The van der Waals surface area contributed by atoms with Crippen molar-refractivity contribution in [3.63, 3.8) is 0 Å². The number of benzene rings is 6. The minimum absolute atomic E-state index is 0.0855. The van der Waals surface area contributed by atoms with Crippen LogP contribution in [0.2, 0.25) is 0 Å². The lowest BCUT2D eigenvalue weighted by molar-refractivity contribution is 0.332. The zero-order valence-corrected chi connectivity index (χ0v) is 35.1. The fourth-order valence-corrected chi connectivity index (χ4v) is 13.9. The summed E-state index contributed by atoms with van der Waals surface area (Å²) in [6.07, 6.45) is 8.82. The zero-order chi connectivity index (χ0) is 40.3. The monoisotopic (exact) mass is 783 g/mol. The molecule has 0 radical (unpaired) electrons. The molecule has 3 heteroatoms. The van der Waals surface area contributed by atoms with Crippen LogP contribution < -0.4 is 0 Å². The Labute approximate surface area is 355 Å². The highest BCUT2D eigenvalue weighted by Crippen LogP contribution is 2.59. The van der Waals surface area contributed by atoms with E-state index in [4.69, 9.17) is 9.97 Å². The number of rotatable bonds is 0. The molecular formula is C58H45N3. The lowest BCUT2D eigenvalue weighted by atomic mass is 9.62. The summed E-state index contributed by atoms with van der Waals surface area (Å²) in [5, 5.41) is 8.25. The van der Waals surface area contributed by atoms with Crippen molar-refractivity contribution in [1.82, 2.24) is 14.4 Å². The second kappa shape index (κ2) is 10.9. The molecule has 7 aliphatic carbocycles. The molecule has 0 saturated carbocycles. The van der Waals surface area contributed by atoms with Crippen LogP contribution in [0.15, 0.2) is 128 Å². The van der Waals surface area contributed by atoms with Crippen LogP contribution in [0.3, 0.4) is 0 Å². The van der Waals surface area contributed by atoms with E-state index in [1.807, 2.05) is 0 Å². The molecule has 0 saturated heterocycles. The van der Waals surface area contributed by atoms with Crippen LogP contribution in [0.5, 0.6) is 0 Å². The fourth-order valence-electron chi connectivity index (χ4n) is 13.9. The Balaban J connectivity index is 1.16. The quantitative estimate of drug-likeness (QED) is 0.153. The number of hydrogen-bond donors (Lipinski definition) is 0. The predicted molar refractivity (Wildman–Crippen MR) is 248 cm³/mol. The van der Waals surface area contributed by atoms with E-state index in [1.54, 1.807) is 0 Å². The van der Waals surface area contributed by atoms with E-state index in [0.29, 0.717) is 0 Å². The molecule has 4 atom stereocenters. The third-order valence-corrected chi connectivity index (χ3v) is 16.7. The highest BCUT2D eigenvalue weighted by atomic mass is 14.9. The van der Waals surface area contributed by atoms with Crippen molar-refractivity contribution >= 4 is 48.9 Å². The van der Waals surface area contributed by atoms with Crippen LogP contribution in [-0.2, 0) is 23.7 Å². The van der Waals surface area contributed by atoms with Crippen molar-refractivity contribution in [2.75, 3.05) is 0 Å². The van der Waals surface area contributed by atoms with Gasteiger partial charge >= 0.3 is 0 Å². The number of hydrogen-bond acceptors (Lipinski definition) is 2. The summed E-state index contributed by atoms with van der Waals surface area (Å²) in [5.74, 6) is 0.647. The lowest BCUT2D eigenvalue weighted by Crippen LogP contribution is -2.33. The van der Waals surface area contributed by atoms with Crippen molar-refractivity contribution in [2.45, 2.75) is 87.9 Å². The van der Waals surface area contributed by atoms with Gasteiger partial charge in [-0.1, -0.05) is 131 Å². The highest BCUT2D eigenvalue weighted by molar-refractivity contribution is 6.32. The SMILES string of the molecule is CC1(C)CCC(C)(C)c2cc3c(cc21)cc1c2c4c(ncc2n2c5cnc6c(c5c3c12)C1c2ccccc2CC6c2ccccc21)C1Cc2ccccc2C4c2ccccc21. The number of fused-ring (bicyclic) bond motifs is 9. The van der Waals surface area contributed by atoms with Crippen LogP contribution in [-0.4, -0.2) is 14.4 Å². The largest absolute Gasteiger partial charge is 0.305 e. The van der Waals surface area contributed by atoms with E-state index in [-0.39, 0.29) is 34.5 Å². The molecule has 7 aliphatic rings. The molecule has 0 fully saturated rings. The standard InChI is InChI=1S/C58H45N3/c1-57(2)21-22-58(3,4)44-27-39-32(26-43(44)57)25-42-49-45(28-59-54-40-23-30-13-5-7-15-33(30)47(52(49)54)37-19-11-9-17-35(37)40)61-46-29-60-55-41-24-31-14-6-8-16-34(31)48(38-20-12-10-18-36(38)41)53(55)51(46)50(39)56(42)61/h5-20,25-29,40-41,47-48H,21-24H2,1-4H3. The Hall–Kier alpha value is -6.32. The van der Waals surface area contributed by atoms with Crippen molar-refractivity contribution in [1.29, 1.82) is 0 Å². The minimum atomic E-state index is 0.0855. The summed E-state index contributed by atoms with van der Waals surface area (Å²) in [7, 11) is 0. The van der Waals surface area contributed by atoms with Gasteiger partial charge in [0.15, 0.2) is 0 Å². The highest BCUT2D eigenvalue weighted by Gasteiger charge is 2.44. The molecule has 0 N–H and O–H groups in total. The Morgan fingerprint density at radius 2 is 0.967 bits per heavy atom. The maximum absolute atomic E-state index is 5.62. The molecule has 4 aromatic heterocycles. The molecule has 4 bridgehead atoms. The van der Waals surface area contributed by atoms with Gasteiger partial charge in [-0.25, -0.2) is 0 Å². The molecule has 0 spiro atoms. The second-order valence-corrected chi connectivity index (χ2v) is 20.5. The fraction of sp³-hybridized carbons (Fsp3) is 0.241. The summed E-state index contributed by atoms with van der Waals surface area (Å²) < 4.78 is 2.61. The molecular weight excluding hydrogens is 739 g/mol. The first-order valence-corrected chi connectivity index (χ1v) is 22.6. The summed E-state index contributed by atoms with van der Waals surface area (Å²) in [6.45, 7) is 9.90. The molecule has 0 aliphatic heterocycles. The van der Waals surface area contributed by atoms with Crippen LogP contribution in [0, 0.1) is 0 Å². The van der Waals surface area contributed by atoms with E-state index in [0.717, 1.165) is 12.8 Å². The van der Waals surface area contributed by atoms with E-state index >= 15 is 0 Å². The van der Waals surface area contributed by atoms with Gasteiger partial charge in [0, 0.05) is 45.2 Å². The lowest BCUT2D eigenvalue weighted by Gasteiger charge is -2.42. The summed E-state index contributed by atoms with van der Waals surface area (Å²) in [4.78, 5) is 11.2. The molecule has 17 rings (SSSR count). The zero-order valence-electron chi connectivity index (χ0n) is 35.1. The van der Waals surface area contributed by atoms with Crippen molar-refractivity contribution in [2.24, 2.45) is 0 Å². The normalized spacial score (nSPS) is 22.1. The Morgan fingerprint density at radius 1 is 0.492 bits per heavy atom. The van der Waals surface area contributed by atoms with Gasteiger partial charge in [-0.05, 0) is 126 Å². The van der Waals surface area contributed by atoms with E-state index in [1.165, 1.54) is 140 Å². The molecule has 292 valence electrons. The summed E-state index contributed by atoms with van der Waals surface area (Å²) >= 11 is 0. The average Bonchev–Trinajstić information content (AvgIpc) is 3.56. The van der Waals surface area contributed by atoms with Gasteiger partial charge in [0.25, 0.3) is 0 Å². The van der Waals surface area contributed by atoms with Crippen LogP contribution in [0.1, 0.15) is 142 Å². The van der Waals surface area contributed by atoms with Gasteiger partial charge in [0.1, 0.15) is 0 Å². The number of nitrogens with zero attached hydrogens (tertiary/aromatic N) is 3. The van der Waals surface area contributed by atoms with Crippen molar-refractivity contribution < 1.29 is 0 Å². The van der Waals surface area contributed by atoms with Crippen molar-refractivity contribution in [3.05, 3.63) is 206 Å². The number of aromatic nitrogens is 3. The van der Waals surface area contributed by atoms with Crippen LogP contribution >= 0.6 is 0 Å². The Morgan fingerprint density at radius 3 is 1.54 bits per heavy atom. The van der Waals surface area contributed by atoms with Crippen molar-refractivity contribution in [3.8, 4) is 0 Å². The first-order chi connectivity index (χ1) is 29.8. The maximum atomic E-state index is 5.62. The van der Waals surface area contributed by atoms with E-state index < -0.39 is 0 Å². The predicted octanol–water partition coefficient (Wildman–Crippen LogP) is 13.5. The second-order valence-electron chi connectivity index (χ2n) is 20.5. The topological polar surface area (TPSA) is 30.2 Å². The smallest absolute Gasteiger partial charge is 0.0729 e. The molecule has 4 unspecified atom stereocenters. The minimum Gasteiger partial charge on any atom is -0.305 e. The maximum Gasteiger partial charge on any atom is 0.0729 e. The molecule has 4 heterocycles. The third-order valence-electron chi connectivity index (χ3n) is 16.7. The van der Waals surface area contributed by atoms with Gasteiger partial charge in [-0.15, -0.1) is 0 Å². The first kappa shape index (κ1) is 33.4. The van der Waals surface area contributed by atoms with Crippen LogP contribution in [0.25, 0.3) is 48.9 Å². The molecule has 61 heavy (non-hydrogen) atoms. The van der Waals surface area contributed by atoms with Gasteiger partial charge in [0.2, 0.25) is 0 Å². The van der Waals surface area contributed by atoms with E-state index in [9.17, 15) is 0 Å². The van der Waals surface area contributed by atoms with Gasteiger partial charge in [-0.3, -0.25) is 9.97 Å². The average molecular weight is 784 g/mol. The van der Waals surface area contributed by atoms with Gasteiger partial charge in [0.05, 0.1) is 40.3 Å². The van der Waals surface area contributed by atoms with E-state index in [2.05, 4.69) is 160 Å². The Bertz CT molecular complexity index is 3610. The first-order valence-electron chi connectivity index (χ1n) is 22.6. The molecule has 3 nitrogen and oxygen atoms in total. The summed E-state index contributed by atoms with van der Waals surface area (Å²) in [6, 6.07) is 44.9. The van der Waals surface area contributed by atoms with Gasteiger partial charge < -0.3 is 4.40 Å². The van der Waals surface area contributed by atoms with Gasteiger partial charge in [-0.2, -0.15) is 0 Å². The molecule has 0 amide bonds. The number of pyridine rings is 2. The third kappa shape index (κ3) is 3.94. The Kier molecular flexibility index (Phi) is 5.99. The van der Waals surface area contributed by atoms with Crippen LogP contribution in [0.4, 0.5) is 0 Å².